The Morgan fingerprint density at radius 2 is 1.72 bits per heavy atom. The second-order valence-electron chi connectivity index (χ2n) is 7.65. The van der Waals surface area contributed by atoms with Gasteiger partial charge in [-0.25, -0.2) is 0 Å². The van der Waals surface area contributed by atoms with Crippen LogP contribution in [0.25, 0.3) is 0 Å². The SMILES string of the molecule is Cc1cccc(NC(=O)CN2CCN(C(=O)CCc3ccccc3N)CC2)c1C. The Labute approximate surface area is 172 Å². The maximum absolute atomic E-state index is 12.5. The minimum Gasteiger partial charge on any atom is -0.399 e. The van der Waals surface area contributed by atoms with E-state index in [9.17, 15) is 9.59 Å². The largest absolute Gasteiger partial charge is 0.399 e. The van der Waals surface area contributed by atoms with E-state index < -0.39 is 0 Å². The highest BCUT2D eigenvalue weighted by atomic mass is 16.2. The molecule has 2 amide bonds. The summed E-state index contributed by atoms with van der Waals surface area (Å²) in [5.74, 6) is 0.130. The van der Waals surface area contributed by atoms with Crippen LogP contribution < -0.4 is 11.1 Å². The summed E-state index contributed by atoms with van der Waals surface area (Å²) in [6.45, 7) is 7.11. The van der Waals surface area contributed by atoms with Crippen molar-refractivity contribution < 1.29 is 9.59 Å². The van der Waals surface area contributed by atoms with E-state index in [1.165, 1.54) is 0 Å². The molecule has 0 radical (unpaired) electrons. The number of nitrogens with one attached hydrogen (secondary N) is 1. The predicted octanol–water partition coefficient (Wildman–Crippen LogP) is 2.60. The smallest absolute Gasteiger partial charge is 0.238 e. The Hall–Kier alpha value is -2.86. The zero-order valence-electron chi connectivity index (χ0n) is 17.3. The lowest BCUT2D eigenvalue weighted by Gasteiger charge is -2.34. The van der Waals surface area contributed by atoms with Crippen LogP contribution in [0.3, 0.4) is 0 Å². The van der Waals surface area contributed by atoms with Gasteiger partial charge in [0.2, 0.25) is 11.8 Å². The topological polar surface area (TPSA) is 78.7 Å². The predicted molar refractivity (Wildman–Crippen MR) is 117 cm³/mol. The minimum atomic E-state index is -0.0157. The molecule has 1 fully saturated rings. The number of aryl methyl sites for hydroxylation is 2. The standard InChI is InChI=1S/C23H30N4O2/c1-17-6-5-9-21(18(17)2)25-22(28)16-26-12-14-27(15-13-26)23(29)11-10-19-7-3-4-8-20(19)24/h3-9H,10-16,24H2,1-2H3,(H,25,28). The van der Waals surface area contributed by atoms with E-state index in [2.05, 4.69) is 10.2 Å². The normalized spacial score (nSPS) is 14.6. The molecule has 0 atom stereocenters. The zero-order chi connectivity index (χ0) is 20.8. The second kappa shape index (κ2) is 9.56. The van der Waals surface area contributed by atoms with E-state index in [1.807, 2.05) is 61.2 Å². The lowest BCUT2D eigenvalue weighted by atomic mass is 10.1. The molecule has 6 heteroatoms. The summed E-state index contributed by atoms with van der Waals surface area (Å²) in [5, 5.41) is 3.00. The third kappa shape index (κ3) is 5.57. The van der Waals surface area contributed by atoms with Gasteiger partial charge in [0, 0.05) is 44.0 Å². The van der Waals surface area contributed by atoms with E-state index in [0.717, 1.165) is 28.1 Å². The summed E-state index contributed by atoms with van der Waals surface area (Å²) < 4.78 is 0. The van der Waals surface area contributed by atoms with Crippen LogP contribution in [-0.2, 0) is 16.0 Å². The van der Waals surface area contributed by atoms with E-state index in [-0.39, 0.29) is 11.8 Å². The highest BCUT2D eigenvalue weighted by molar-refractivity contribution is 5.93. The zero-order valence-corrected chi connectivity index (χ0v) is 17.3. The molecule has 1 aliphatic rings. The number of para-hydroxylation sites is 1. The Kier molecular flexibility index (Phi) is 6.88. The molecule has 2 aromatic carbocycles. The molecule has 154 valence electrons. The van der Waals surface area contributed by atoms with Crippen LogP contribution >= 0.6 is 0 Å². The molecule has 3 N–H and O–H groups in total. The molecule has 0 spiro atoms. The van der Waals surface area contributed by atoms with Crippen molar-refractivity contribution in [2.75, 3.05) is 43.8 Å². The Balaban J connectivity index is 1.43. The molecule has 1 saturated heterocycles. The molecule has 1 aliphatic heterocycles. The van der Waals surface area contributed by atoms with Gasteiger partial charge in [0.15, 0.2) is 0 Å². The highest BCUT2D eigenvalue weighted by Gasteiger charge is 2.22. The summed E-state index contributed by atoms with van der Waals surface area (Å²) in [4.78, 5) is 28.9. The summed E-state index contributed by atoms with van der Waals surface area (Å²) in [6, 6.07) is 13.6. The number of hydrogen-bond donors (Lipinski definition) is 2. The molecule has 0 aromatic heterocycles. The molecule has 0 aliphatic carbocycles. The molecule has 6 nitrogen and oxygen atoms in total. The van der Waals surface area contributed by atoms with Gasteiger partial charge < -0.3 is 16.0 Å². The summed E-state index contributed by atoms with van der Waals surface area (Å²) >= 11 is 0. The first-order chi connectivity index (χ1) is 13.9. The van der Waals surface area contributed by atoms with Gasteiger partial charge in [0.25, 0.3) is 0 Å². The Bertz CT molecular complexity index is 873. The number of benzene rings is 2. The van der Waals surface area contributed by atoms with Gasteiger partial charge in [-0.05, 0) is 49.1 Å². The lowest BCUT2D eigenvalue weighted by molar-refractivity contribution is -0.133. The van der Waals surface area contributed by atoms with Crippen LogP contribution in [0.4, 0.5) is 11.4 Å². The van der Waals surface area contributed by atoms with Crippen LogP contribution in [-0.4, -0.2) is 54.3 Å². The highest BCUT2D eigenvalue weighted by Crippen LogP contribution is 2.18. The van der Waals surface area contributed by atoms with Crippen molar-refractivity contribution >= 4 is 23.2 Å². The number of piperazine rings is 1. The van der Waals surface area contributed by atoms with Gasteiger partial charge in [-0.1, -0.05) is 30.3 Å². The number of carbonyl (C=O) groups is 2. The van der Waals surface area contributed by atoms with Crippen LogP contribution in [0.1, 0.15) is 23.1 Å². The first-order valence-corrected chi connectivity index (χ1v) is 10.1. The lowest BCUT2D eigenvalue weighted by Crippen LogP contribution is -2.50. The molecular weight excluding hydrogens is 364 g/mol. The third-order valence-electron chi connectivity index (χ3n) is 5.63. The van der Waals surface area contributed by atoms with Crippen LogP contribution in [0.15, 0.2) is 42.5 Å². The Morgan fingerprint density at radius 1 is 1.00 bits per heavy atom. The first kappa shape index (κ1) is 20.9. The fourth-order valence-electron chi connectivity index (χ4n) is 3.60. The monoisotopic (exact) mass is 394 g/mol. The van der Waals surface area contributed by atoms with Crippen molar-refractivity contribution in [1.29, 1.82) is 0 Å². The molecule has 0 unspecified atom stereocenters. The van der Waals surface area contributed by atoms with Gasteiger partial charge in [-0.2, -0.15) is 0 Å². The number of nitrogens with zero attached hydrogens (tertiary/aromatic N) is 2. The van der Waals surface area contributed by atoms with Crippen molar-refractivity contribution in [3.8, 4) is 0 Å². The average Bonchev–Trinajstić information content (AvgIpc) is 2.71. The molecule has 3 rings (SSSR count). The van der Waals surface area contributed by atoms with Gasteiger partial charge in [-0.15, -0.1) is 0 Å². The number of rotatable bonds is 6. The van der Waals surface area contributed by atoms with E-state index >= 15 is 0 Å². The number of nitrogens with two attached hydrogens (primary N) is 1. The Morgan fingerprint density at radius 3 is 2.45 bits per heavy atom. The molecule has 2 aromatic rings. The molecule has 0 bridgehead atoms. The molecule has 29 heavy (non-hydrogen) atoms. The fraction of sp³-hybridized carbons (Fsp3) is 0.391. The van der Waals surface area contributed by atoms with Crippen molar-refractivity contribution in [2.24, 2.45) is 0 Å². The summed E-state index contributed by atoms with van der Waals surface area (Å²) in [6.07, 6.45) is 1.12. The first-order valence-electron chi connectivity index (χ1n) is 10.1. The number of hydrogen-bond acceptors (Lipinski definition) is 4. The van der Waals surface area contributed by atoms with E-state index in [4.69, 9.17) is 5.73 Å². The van der Waals surface area contributed by atoms with Crippen molar-refractivity contribution in [2.45, 2.75) is 26.7 Å². The van der Waals surface area contributed by atoms with Crippen LogP contribution in [0, 0.1) is 13.8 Å². The average molecular weight is 395 g/mol. The minimum absolute atomic E-state index is 0.0157. The maximum atomic E-state index is 12.5. The number of carbonyl (C=O) groups excluding carboxylic acids is 2. The van der Waals surface area contributed by atoms with Crippen molar-refractivity contribution in [1.82, 2.24) is 9.80 Å². The van der Waals surface area contributed by atoms with E-state index in [1.54, 1.807) is 0 Å². The quantitative estimate of drug-likeness (QED) is 0.738. The molecule has 0 saturated carbocycles. The van der Waals surface area contributed by atoms with Crippen LogP contribution in [0.5, 0.6) is 0 Å². The number of anilines is 2. The summed E-state index contributed by atoms with van der Waals surface area (Å²) in [7, 11) is 0. The molecule has 1 heterocycles. The van der Waals surface area contributed by atoms with Gasteiger partial charge >= 0.3 is 0 Å². The van der Waals surface area contributed by atoms with Gasteiger partial charge in [-0.3, -0.25) is 14.5 Å². The van der Waals surface area contributed by atoms with Gasteiger partial charge in [0.1, 0.15) is 0 Å². The third-order valence-corrected chi connectivity index (χ3v) is 5.63. The van der Waals surface area contributed by atoms with Gasteiger partial charge in [0.05, 0.1) is 6.54 Å². The second-order valence-corrected chi connectivity index (χ2v) is 7.65. The summed E-state index contributed by atoms with van der Waals surface area (Å²) in [5.41, 5.74) is 10.8. The van der Waals surface area contributed by atoms with E-state index in [0.29, 0.717) is 45.6 Å². The number of nitrogen functional groups attached to an aromatic ring is 1. The molecular formula is C23H30N4O2. The van der Waals surface area contributed by atoms with Crippen molar-refractivity contribution in [3.63, 3.8) is 0 Å². The van der Waals surface area contributed by atoms with Crippen LogP contribution in [0.2, 0.25) is 0 Å². The van der Waals surface area contributed by atoms with Crippen molar-refractivity contribution in [3.05, 3.63) is 59.2 Å². The number of amides is 2. The maximum Gasteiger partial charge on any atom is 0.238 e. The fourth-order valence-corrected chi connectivity index (χ4v) is 3.60.